The Balaban J connectivity index is 1.99. The van der Waals surface area contributed by atoms with Crippen molar-refractivity contribution in [2.45, 2.75) is 6.92 Å². The molecule has 1 N–H and O–H groups in total. The summed E-state index contributed by atoms with van der Waals surface area (Å²) in [6.07, 6.45) is 0. The Morgan fingerprint density at radius 1 is 1.04 bits per heavy atom. The highest BCUT2D eigenvalue weighted by atomic mass is 35.5. The molecule has 23 heavy (non-hydrogen) atoms. The van der Waals surface area contributed by atoms with Crippen molar-refractivity contribution in [2.24, 2.45) is 0 Å². The van der Waals surface area contributed by atoms with Gasteiger partial charge in [0.2, 0.25) is 0 Å². The van der Waals surface area contributed by atoms with E-state index in [0.29, 0.717) is 28.0 Å². The molecule has 0 fully saturated rings. The first-order valence-corrected chi connectivity index (χ1v) is 7.31. The van der Waals surface area contributed by atoms with Gasteiger partial charge in [-0.05, 0) is 24.6 Å². The molecular formula is C17H18ClNO4. The number of ether oxygens (including phenoxy) is 3. The summed E-state index contributed by atoms with van der Waals surface area (Å²) in [5, 5.41) is 3.19. The summed E-state index contributed by atoms with van der Waals surface area (Å²) in [7, 11) is 3.09. The van der Waals surface area contributed by atoms with Crippen molar-refractivity contribution in [3.8, 4) is 17.2 Å². The van der Waals surface area contributed by atoms with Gasteiger partial charge in [0.15, 0.2) is 6.61 Å². The number of anilines is 1. The van der Waals surface area contributed by atoms with E-state index in [1.165, 1.54) is 0 Å². The highest BCUT2D eigenvalue weighted by Crippen LogP contribution is 2.27. The molecule has 0 atom stereocenters. The smallest absolute Gasteiger partial charge is 0.262 e. The molecule has 122 valence electrons. The third-order valence-corrected chi connectivity index (χ3v) is 3.41. The summed E-state index contributed by atoms with van der Waals surface area (Å²) < 4.78 is 15.8. The summed E-state index contributed by atoms with van der Waals surface area (Å²) in [5.41, 5.74) is 1.57. The van der Waals surface area contributed by atoms with E-state index in [2.05, 4.69) is 5.32 Å². The van der Waals surface area contributed by atoms with Gasteiger partial charge in [0.25, 0.3) is 5.91 Å². The standard InChI is InChI=1S/C17H18ClNO4/c1-11-4-5-16(15(18)6-11)19-17(20)10-23-14-8-12(21-2)7-13(9-14)22-3/h4-9H,10H2,1-3H3,(H,19,20). The van der Waals surface area contributed by atoms with Crippen LogP contribution in [-0.4, -0.2) is 26.7 Å². The van der Waals surface area contributed by atoms with Crippen LogP contribution in [0, 0.1) is 6.92 Å². The molecule has 1 amide bonds. The molecule has 0 aliphatic heterocycles. The van der Waals surface area contributed by atoms with Crippen LogP contribution in [-0.2, 0) is 4.79 Å². The second kappa shape index (κ2) is 7.74. The molecule has 0 heterocycles. The van der Waals surface area contributed by atoms with Crippen molar-refractivity contribution < 1.29 is 19.0 Å². The maximum Gasteiger partial charge on any atom is 0.262 e. The van der Waals surface area contributed by atoms with E-state index in [1.807, 2.05) is 13.0 Å². The molecule has 6 heteroatoms. The molecule has 5 nitrogen and oxygen atoms in total. The molecule has 0 aromatic heterocycles. The lowest BCUT2D eigenvalue weighted by Gasteiger charge is -2.11. The maximum atomic E-state index is 12.0. The van der Waals surface area contributed by atoms with E-state index in [4.69, 9.17) is 25.8 Å². The molecule has 0 saturated heterocycles. The first-order chi connectivity index (χ1) is 11.0. The Bertz CT molecular complexity index is 681. The second-order valence-corrected chi connectivity index (χ2v) is 5.28. The van der Waals surface area contributed by atoms with Crippen molar-refractivity contribution in [2.75, 3.05) is 26.1 Å². The van der Waals surface area contributed by atoms with Gasteiger partial charge in [0.1, 0.15) is 17.2 Å². The molecule has 0 aliphatic carbocycles. The van der Waals surface area contributed by atoms with Gasteiger partial charge in [-0.3, -0.25) is 4.79 Å². The number of aryl methyl sites for hydroxylation is 1. The predicted molar refractivity (Wildman–Crippen MR) is 89.9 cm³/mol. The molecule has 0 bridgehead atoms. The van der Waals surface area contributed by atoms with Crippen molar-refractivity contribution >= 4 is 23.2 Å². The van der Waals surface area contributed by atoms with Gasteiger partial charge in [-0.15, -0.1) is 0 Å². The summed E-state index contributed by atoms with van der Waals surface area (Å²) in [6.45, 7) is 1.78. The van der Waals surface area contributed by atoms with E-state index in [9.17, 15) is 4.79 Å². The van der Waals surface area contributed by atoms with E-state index in [0.717, 1.165) is 5.56 Å². The van der Waals surface area contributed by atoms with Crippen LogP contribution in [0.2, 0.25) is 5.02 Å². The predicted octanol–water partition coefficient (Wildman–Crippen LogP) is 3.68. The molecule has 0 aliphatic rings. The molecule has 0 saturated carbocycles. The maximum absolute atomic E-state index is 12.0. The number of benzene rings is 2. The SMILES string of the molecule is COc1cc(OC)cc(OCC(=O)Nc2ccc(C)cc2Cl)c1. The minimum absolute atomic E-state index is 0.152. The lowest BCUT2D eigenvalue weighted by molar-refractivity contribution is -0.118. The fourth-order valence-corrected chi connectivity index (χ4v) is 2.20. The number of carbonyl (C=O) groups is 1. The zero-order valence-electron chi connectivity index (χ0n) is 13.2. The summed E-state index contributed by atoms with van der Waals surface area (Å²) >= 11 is 6.08. The average Bonchev–Trinajstić information content (AvgIpc) is 2.55. The number of halogens is 1. The minimum atomic E-state index is -0.308. The fraction of sp³-hybridized carbons (Fsp3) is 0.235. The van der Waals surface area contributed by atoms with Crippen LogP contribution in [0.4, 0.5) is 5.69 Å². The van der Waals surface area contributed by atoms with Crippen molar-refractivity contribution in [3.63, 3.8) is 0 Å². The normalized spacial score (nSPS) is 10.1. The van der Waals surface area contributed by atoms with Gasteiger partial charge in [-0.1, -0.05) is 17.7 Å². The van der Waals surface area contributed by atoms with Crippen LogP contribution in [0.3, 0.4) is 0 Å². The first-order valence-electron chi connectivity index (χ1n) is 6.93. The van der Waals surface area contributed by atoms with Crippen LogP contribution in [0.25, 0.3) is 0 Å². The Hall–Kier alpha value is -2.40. The quantitative estimate of drug-likeness (QED) is 0.874. The van der Waals surface area contributed by atoms with Gasteiger partial charge < -0.3 is 19.5 Å². The van der Waals surface area contributed by atoms with E-state index in [1.54, 1.807) is 44.6 Å². The molecule has 2 rings (SSSR count). The van der Waals surface area contributed by atoms with Crippen LogP contribution in [0.15, 0.2) is 36.4 Å². The van der Waals surface area contributed by atoms with E-state index in [-0.39, 0.29) is 12.5 Å². The van der Waals surface area contributed by atoms with Gasteiger partial charge in [0, 0.05) is 18.2 Å². The van der Waals surface area contributed by atoms with Crippen LogP contribution in [0.5, 0.6) is 17.2 Å². The van der Waals surface area contributed by atoms with Crippen molar-refractivity contribution in [1.29, 1.82) is 0 Å². The minimum Gasteiger partial charge on any atom is -0.496 e. The lowest BCUT2D eigenvalue weighted by Crippen LogP contribution is -2.20. The zero-order valence-corrected chi connectivity index (χ0v) is 13.9. The fourth-order valence-electron chi connectivity index (χ4n) is 1.92. The van der Waals surface area contributed by atoms with Crippen molar-refractivity contribution in [1.82, 2.24) is 0 Å². The summed E-state index contributed by atoms with van der Waals surface area (Å²) in [4.78, 5) is 12.0. The lowest BCUT2D eigenvalue weighted by atomic mass is 10.2. The highest BCUT2D eigenvalue weighted by molar-refractivity contribution is 6.33. The Morgan fingerprint density at radius 3 is 2.22 bits per heavy atom. The summed E-state index contributed by atoms with van der Waals surface area (Å²) in [6, 6.07) is 10.5. The molecule has 0 spiro atoms. The van der Waals surface area contributed by atoms with Gasteiger partial charge >= 0.3 is 0 Å². The van der Waals surface area contributed by atoms with Gasteiger partial charge in [-0.25, -0.2) is 0 Å². The van der Waals surface area contributed by atoms with Crippen LogP contribution in [0.1, 0.15) is 5.56 Å². The zero-order chi connectivity index (χ0) is 16.8. The number of rotatable bonds is 6. The van der Waals surface area contributed by atoms with Crippen LogP contribution < -0.4 is 19.5 Å². The van der Waals surface area contributed by atoms with Crippen LogP contribution >= 0.6 is 11.6 Å². The Labute approximate surface area is 140 Å². The molecule has 0 radical (unpaired) electrons. The van der Waals surface area contributed by atoms with E-state index >= 15 is 0 Å². The molecule has 0 unspecified atom stereocenters. The second-order valence-electron chi connectivity index (χ2n) is 4.87. The number of hydrogen-bond acceptors (Lipinski definition) is 4. The van der Waals surface area contributed by atoms with Gasteiger partial charge in [0.05, 0.1) is 24.9 Å². The highest BCUT2D eigenvalue weighted by Gasteiger charge is 2.08. The van der Waals surface area contributed by atoms with Crippen molar-refractivity contribution in [3.05, 3.63) is 47.0 Å². The first kappa shape index (κ1) is 17.0. The Morgan fingerprint density at radius 2 is 1.65 bits per heavy atom. The number of amides is 1. The summed E-state index contributed by atoms with van der Waals surface area (Å²) in [5.74, 6) is 1.34. The monoisotopic (exact) mass is 335 g/mol. The molecular weight excluding hydrogens is 318 g/mol. The van der Waals surface area contributed by atoms with Gasteiger partial charge in [-0.2, -0.15) is 0 Å². The third-order valence-electron chi connectivity index (χ3n) is 3.09. The molecule has 2 aromatic carbocycles. The topological polar surface area (TPSA) is 56.8 Å². The Kier molecular flexibility index (Phi) is 5.71. The number of hydrogen-bond donors (Lipinski definition) is 1. The number of methoxy groups -OCH3 is 2. The number of nitrogens with one attached hydrogen (secondary N) is 1. The largest absolute Gasteiger partial charge is 0.496 e. The number of carbonyl (C=O) groups excluding carboxylic acids is 1. The molecule has 2 aromatic rings. The average molecular weight is 336 g/mol. The van der Waals surface area contributed by atoms with E-state index < -0.39 is 0 Å². The third kappa shape index (κ3) is 4.79.